The summed E-state index contributed by atoms with van der Waals surface area (Å²) in [5.74, 6) is -0.728. The third-order valence-corrected chi connectivity index (χ3v) is 1.46. The first kappa shape index (κ1) is 16.5. The molecular weight excluding hydrogens is 255 g/mol. The SMILES string of the molecule is CN(CC(=O)OC(C)(C)C)C(=O)OCC(F)(F)F. The quantitative estimate of drug-likeness (QED) is 0.736. The molecule has 0 radical (unpaired) electrons. The first-order chi connectivity index (χ1) is 7.91. The Balaban J connectivity index is 4.13. The summed E-state index contributed by atoms with van der Waals surface area (Å²) in [6.45, 7) is 2.73. The van der Waals surface area contributed by atoms with Crippen molar-refractivity contribution in [1.29, 1.82) is 0 Å². The summed E-state index contributed by atoms with van der Waals surface area (Å²) in [6, 6.07) is 0. The van der Waals surface area contributed by atoms with Gasteiger partial charge < -0.3 is 14.4 Å². The van der Waals surface area contributed by atoms with Crippen LogP contribution < -0.4 is 0 Å². The number of nitrogens with zero attached hydrogens (tertiary/aromatic N) is 1. The monoisotopic (exact) mass is 271 g/mol. The number of amides is 1. The van der Waals surface area contributed by atoms with Crippen molar-refractivity contribution in [2.45, 2.75) is 32.5 Å². The number of rotatable bonds is 3. The largest absolute Gasteiger partial charge is 0.459 e. The normalized spacial score (nSPS) is 11.9. The Kier molecular flexibility index (Phi) is 5.44. The zero-order valence-electron chi connectivity index (χ0n) is 10.6. The number of likely N-dealkylation sites (N-methyl/N-ethyl adjacent to an activating group) is 1. The van der Waals surface area contributed by atoms with E-state index >= 15 is 0 Å². The molecule has 0 heterocycles. The van der Waals surface area contributed by atoms with Crippen LogP contribution >= 0.6 is 0 Å². The molecule has 0 aliphatic heterocycles. The van der Waals surface area contributed by atoms with Crippen LogP contribution in [0.25, 0.3) is 0 Å². The maximum atomic E-state index is 11.8. The fourth-order valence-corrected chi connectivity index (χ4v) is 0.886. The Morgan fingerprint density at radius 2 is 1.67 bits per heavy atom. The first-order valence-corrected chi connectivity index (χ1v) is 5.07. The maximum absolute atomic E-state index is 11.8. The molecule has 0 saturated heterocycles. The van der Waals surface area contributed by atoms with Gasteiger partial charge in [-0.25, -0.2) is 4.79 Å². The van der Waals surface area contributed by atoms with Crippen molar-refractivity contribution in [3.05, 3.63) is 0 Å². The molecular formula is C10H16F3NO4. The number of hydrogen-bond acceptors (Lipinski definition) is 4. The lowest BCUT2D eigenvalue weighted by atomic mass is 10.2. The van der Waals surface area contributed by atoms with Gasteiger partial charge in [-0.3, -0.25) is 4.79 Å². The highest BCUT2D eigenvalue weighted by molar-refractivity contribution is 5.78. The third kappa shape index (κ3) is 8.66. The number of esters is 1. The van der Waals surface area contributed by atoms with Crippen LogP contribution in [0.4, 0.5) is 18.0 Å². The molecule has 0 bridgehead atoms. The van der Waals surface area contributed by atoms with Crippen LogP contribution in [0.5, 0.6) is 0 Å². The van der Waals surface area contributed by atoms with Gasteiger partial charge in [0.15, 0.2) is 6.61 Å². The van der Waals surface area contributed by atoms with E-state index in [4.69, 9.17) is 4.74 Å². The highest BCUT2D eigenvalue weighted by atomic mass is 19.4. The topological polar surface area (TPSA) is 55.8 Å². The summed E-state index contributed by atoms with van der Waals surface area (Å²) in [5.41, 5.74) is -0.728. The minimum Gasteiger partial charge on any atom is -0.459 e. The fraction of sp³-hybridized carbons (Fsp3) is 0.800. The number of halogens is 3. The number of carbonyl (C=O) groups excluding carboxylic acids is 2. The maximum Gasteiger partial charge on any atom is 0.422 e. The summed E-state index contributed by atoms with van der Waals surface area (Å²) in [7, 11) is 1.14. The molecule has 8 heteroatoms. The fourth-order valence-electron chi connectivity index (χ4n) is 0.886. The average molecular weight is 271 g/mol. The van der Waals surface area contributed by atoms with E-state index in [1.807, 2.05) is 0 Å². The predicted octanol–water partition coefficient (Wildman–Crippen LogP) is 1.96. The van der Waals surface area contributed by atoms with E-state index in [1.165, 1.54) is 0 Å². The van der Waals surface area contributed by atoms with Gasteiger partial charge in [-0.2, -0.15) is 13.2 Å². The molecule has 0 fully saturated rings. The van der Waals surface area contributed by atoms with E-state index in [1.54, 1.807) is 20.8 Å². The minimum absolute atomic E-state index is 0.478. The minimum atomic E-state index is -4.59. The Morgan fingerprint density at radius 3 is 2.06 bits per heavy atom. The Morgan fingerprint density at radius 1 is 1.17 bits per heavy atom. The van der Waals surface area contributed by atoms with E-state index in [0.717, 1.165) is 7.05 Å². The molecule has 0 atom stereocenters. The van der Waals surface area contributed by atoms with Crippen LogP contribution in [0.3, 0.4) is 0 Å². The summed E-state index contributed by atoms with van der Waals surface area (Å²) in [6.07, 6.45) is -5.83. The van der Waals surface area contributed by atoms with Gasteiger partial charge in [-0.05, 0) is 20.8 Å². The van der Waals surface area contributed by atoms with Crippen molar-refractivity contribution in [2.75, 3.05) is 20.2 Å². The van der Waals surface area contributed by atoms with E-state index < -0.39 is 37.0 Å². The second kappa shape index (κ2) is 5.92. The lowest BCUT2D eigenvalue weighted by Crippen LogP contribution is -2.37. The molecule has 0 aromatic rings. The van der Waals surface area contributed by atoms with Crippen LogP contribution in [-0.2, 0) is 14.3 Å². The molecule has 0 aromatic heterocycles. The summed E-state index contributed by atoms with van der Waals surface area (Å²) in [4.78, 5) is 23.1. The van der Waals surface area contributed by atoms with Crippen molar-refractivity contribution in [3.8, 4) is 0 Å². The van der Waals surface area contributed by atoms with Gasteiger partial charge in [0, 0.05) is 7.05 Å². The molecule has 5 nitrogen and oxygen atoms in total. The number of ether oxygens (including phenoxy) is 2. The van der Waals surface area contributed by atoms with Crippen molar-refractivity contribution in [2.24, 2.45) is 0 Å². The van der Waals surface area contributed by atoms with Gasteiger partial charge >= 0.3 is 18.2 Å². The molecule has 0 rings (SSSR count). The first-order valence-electron chi connectivity index (χ1n) is 5.07. The zero-order valence-corrected chi connectivity index (χ0v) is 10.6. The Bertz CT molecular complexity index is 309. The van der Waals surface area contributed by atoms with Crippen LogP contribution in [0, 0.1) is 0 Å². The highest BCUT2D eigenvalue weighted by Crippen LogP contribution is 2.15. The van der Waals surface area contributed by atoms with E-state index in [-0.39, 0.29) is 0 Å². The van der Waals surface area contributed by atoms with Gasteiger partial charge in [-0.1, -0.05) is 0 Å². The van der Waals surface area contributed by atoms with Crippen LogP contribution in [0.15, 0.2) is 0 Å². The predicted molar refractivity (Wildman–Crippen MR) is 55.9 cm³/mol. The number of alkyl halides is 3. The molecule has 0 N–H and O–H groups in total. The average Bonchev–Trinajstić information content (AvgIpc) is 2.09. The standard InChI is InChI=1S/C10H16F3NO4/c1-9(2,3)18-7(15)5-14(4)8(16)17-6-10(11,12)13/h5-6H2,1-4H3. The smallest absolute Gasteiger partial charge is 0.422 e. The van der Waals surface area contributed by atoms with E-state index in [9.17, 15) is 22.8 Å². The van der Waals surface area contributed by atoms with Crippen molar-refractivity contribution in [1.82, 2.24) is 4.90 Å². The molecule has 106 valence electrons. The van der Waals surface area contributed by atoms with Gasteiger partial charge in [0.1, 0.15) is 12.1 Å². The summed E-state index contributed by atoms with van der Waals surface area (Å²) >= 11 is 0. The van der Waals surface area contributed by atoms with E-state index in [2.05, 4.69) is 4.74 Å². The van der Waals surface area contributed by atoms with Crippen molar-refractivity contribution in [3.63, 3.8) is 0 Å². The highest BCUT2D eigenvalue weighted by Gasteiger charge is 2.30. The number of carbonyl (C=O) groups is 2. The van der Waals surface area contributed by atoms with E-state index in [0.29, 0.717) is 4.90 Å². The van der Waals surface area contributed by atoms with Gasteiger partial charge in [0.05, 0.1) is 0 Å². The van der Waals surface area contributed by atoms with Gasteiger partial charge in [0.25, 0.3) is 0 Å². The molecule has 0 spiro atoms. The lowest BCUT2D eigenvalue weighted by molar-refractivity contribution is -0.163. The van der Waals surface area contributed by atoms with Gasteiger partial charge in [-0.15, -0.1) is 0 Å². The Hall–Kier alpha value is -1.47. The number of hydrogen-bond donors (Lipinski definition) is 0. The Labute approximate surface area is 103 Å². The second-order valence-corrected chi connectivity index (χ2v) is 4.61. The molecule has 1 amide bonds. The molecule has 0 aliphatic rings. The lowest BCUT2D eigenvalue weighted by Gasteiger charge is -2.22. The summed E-state index contributed by atoms with van der Waals surface area (Å²) < 4.78 is 44.2. The zero-order chi connectivity index (χ0) is 14.6. The van der Waals surface area contributed by atoms with Crippen LogP contribution in [0.1, 0.15) is 20.8 Å². The van der Waals surface area contributed by atoms with Crippen LogP contribution in [-0.4, -0.2) is 48.9 Å². The molecule has 0 aliphatic carbocycles. The molecule has 0 aromatic carbocycles. The summed E-state index contributed by atoms with van der Waals surface area (Å²) in [5, 5.41) is 0. The molecule has 0 saturated carbocycles. The van der Waals surface area contributed by atoms with Crippen molar-refractivity contribution < 1.29 is 32.2 Å². The molecule has 0 unspecified atom stereocenters. The van der Waals surface area contributed by atoms with Gasteiger partial charge in [0.2, 0.25) is 0 Å². The molecule has 18 heavy (non-hydrogen) atoms. The van der Waals surface area contributed by atoms with Crippen molar-refractivity contribution >= 4 is 12.1 Å². The van der Waals surface area contributed by atoms with Crippen LogP contribution in [0.2, 0.25) is 0 Å². The second-order valence-electron chi connectivity index (χ2n) is 4.61. The third-order valence-electron chi connectivity index (χ3n) is 1.46.